The smallest absolute Gasteiger partial charge is 0.291 e. The van der Waals surface area contributed by atoms with Gasteiger partial charge in [-0.1, -0.05) is 27.7 Å². The Kier molecular flexibility index (Phi) is 7.71. The number of carbonyl (C=O) groups is 2. The molecule has 6 heteroatoms. The zero-order valence-corrected chi connectivity index (χ0v) is 19.3. The van der Waals surface area contributed by atoms with Gasteiger partial charge in [-0.15, -0.1) is 0 Å². The minimum atomic E-state index is -0.300. The van der Waals surface area contributed by atoms with Gasteiger partial charge in [0.05, 0.1) is 6.26 Å². The summed E-state index contributed by atoms with van der Waals surface area (Å²) in [6.45, 7) is 10.9. The van der Waals surface area contributed by atoms with Gasteiger partial charge < -0.3 is 19.5 Å². The van der Waals surface area contributed by atoms with Gasteiger partial charge in [0, 0.05) is 44.5 Å². The van der Waals surface area contributed by atoms with E-state index >= 15 is 0 Å². The van der Waals surface area contributed by atoms with Gasteiger partial charge in [-0.2, -0.15) is 0 Å². The average molecular weight is 414 g/mol. The molecule has 164 valence electrons. The molecule has 1 atom stereocenters. The summed E-state index contributed by atoms with van der Waals surface area (Å²) in [7, 11) is 3.95. The fourth-order valence-corrected chi connectivity index (χ4v) is 3.28. The molecule has 0 fully saturated rings. The maximum atomic E-state index is 13.1. The highest BCUT2D eigenvalue weighted by Gasteiger charge is 2.25. The molecule has 0 saturated heterocycles. The van der Waals surface area contributed by atoms with Gasteiger partial charge in [0.25, 0.3) is 5.91 Å². The summed E-state index contributed by atoms with van der Waals surface area (Å²) < 4.78 is 5.17. The average Bonchev–Trinajstić information content (AvgIpc) is 3.18. The molecule has 0 spiro atoms. The van der Waals surface area contributed by atoms with Crippen LogP contribution in [0.3, 0.4) is 0 Å². The normalized spacial score (nSPS) is 12.4. The number of furan rings is 1. The molecule has 0 radical (unpaired) electrons. The summed E-state index contributed by atoms with van der Waals surface area (Å²) in [5, 5.41) is 2.88. The number of amides is 2. The number of hydrogen-bond acceptors (Lipinski definition) is 4. The van der Waals surface area contributed by atoms with E-state index in [9.17, 15) is 9.59 Å². The molecule has 1 unspecified atom stereocenters. The number of benzene rings is 1. The summed E-state index contributed by atoms with van der Waals surface area (Å²) in [5.41, 5.74) is 2.60. The molecule has 0 aliphatic rings. The van der Waals surface area contributed by atoms with Gasteiger partial charge in [0.2, 0.25) is 5.91 Å². The molecule has 0 saturated carbocycles. The van der Waals surface area contributed by atoms with E-state index < -0.39 is 0 Å². The summed E-state index contributed by atoms with van der Waals surface area (Å²) >= 11 is 0. The molecular formula is C24H35N3O3. The summed E-state index contributed by atoms with van der Waals surface area (Å²) in [6, 6.07) is 9.20. The number of nitrogens with zero attached hydrogens (tertiary/aromatic N) is 2. The Balaban J connectivity index is 2.33. The third kappa shape index (κ3) is 6.37. The van der Waals surface area contributed by atoms with Crippen molar-refractivity contribution >= 4 is 23.2 Å². The minimum Gasteiger partial charge on any atom is -0.459 e. The van der Waals surface area contributed by atoms with Crippen molar-refractivity contribution < 1.29 is 14.0 Å². The van der Waals surface area contributed by atoms with Crippen LogP contribution in [0, 0.1) is 5.41 Å². The molecule has 1 aromatic carbocycles. The fourth-order valence-electron chi connectivity index (χ4n) is 3.28. The van der Waals surface area contributed by atoms with Crippen molar-refractivity contribution in [3.05, 3.63) is 47.9 Å². The number of nitrogens with one attached hydrogen (secondary N) is 1. The van der Waals surface area contributed by atoms with Crippen molar-refractivity contribution in [2.75, 3.05) is 24.3 Å². The molecule has 1 aromatic heterocycles. The van der Waals surface area contributed by atoms with Gasteiger partial charge in [-0.05, 0) is 54.7 Å². The summed E-state index contributed by atoms with van der Waals surface area (Å²) in [6.07, 6.45) is 2.84. The van der Waals surface area contributed by atoms with E-state index in [-0.39, 0.29) is 29.0 Å². The van der Waals surface area contributed by atoms with Crippen molar-refractivity contribution in [3.63, 3.8) is 0 Å². The zero-order chi connectivity index (χ0) is 22.5. The number of anilines is 2. The highest BCUT2D eigenvalue weighted by Crippen LogP contribution is 2.28. The highest BCUT2D eigenvalue weighted by molar-refractivity contribution is 6.02. The third-order valence-electron chi connectivity index (χ3n) is 5.03. The fraction of sp³-hybridized carbons (Fsp3) is 0.500. The second kappa shape index (κ2) is 9.83. The topological polar surface area (TPSA) is 65.8 Å². The molecule has 30 heavy (non-hydrogen) atoms. The summed E-state index contributed by atoms with van der Waals surface area (Å²) in [4.78, 5) is 29.4. The molecule has 2 amide bonds. The first-order chi connectivity index (χ1) is 14.0. The van der Waals surface area contributed by atoms with Crippen LogP contribution in [-0.2, 0) is 11.3 Å². The van der Waals surface area contributed by atoms with Gasteiger partial charge >= 0.3 is 0 Å². The van der Waals surface area contributed by atoms with Crippen LogP contribution in [0.1, 0.15) is 63.6 Å². The van der Waals surface area contributed by atoms with Crippen LogP contribution in [0.5, 0.6) is 0 Å². The monoisotopic (exact) mass is 413 g/mol. The third-order valence-corrected chi connectivity index (χ3v) is 5.03. The lowest BCUT2D eigenvalue weighted by Crippen LogP contribution is -2.39. The number of carbonyl (C=O) groups excluding carboxylic acids is 2. The van der Waals surface area contributed by atoms with Crippen molar-refractivity contribution in [1.82, 2.24) is 4.90 Å². The van der Waals surface area contributed by atoms with Crippen LogP contribution in [0.2, 0.25) is 0 Å². The van der Waals surface area contributed by atoms with E-state index in [2.05, 4.69) is 39.9 Å². The van der Waals surface area contributed by atoms with Gasteiger partial charge in [-0.3, -0.25) is 9.59 Å². The van der Waals surface area contributed by atoms with E-state index in [1.807, 2.05) is 42.1 Å². The first-order valence-electron chi connectivity index (χ1n) is 10.5. The second-order valence-corrected chi connectivity index (χ2v) is 9.19. The van der Waals surface area contributed by atoms with E-state index in [1.165, 1.54) is 6.26 Å². The van der Waals surface area contributed by atoms with Crippen molar-refractivity contribution in [2.24, 2.45) is 5.41 Å². The maximum Gasteiger partial charge on any atom is 0.291 e. The van der Waals surface area contributed by atoms with E-state index in [1.54, 1.807) is 12.1 Å². The Hall–Kier alpha value is -2.76. The van der Waals surface area contributed by atoms with E-state index in [4.69, 9.17) is 4.42 Å². The van der Waals surface area contributed by atoms with Crippen LogP contribution >= 0.6 is 0 Å². The molecule has 2 rings (SSSR count). The van der Waals surface area contributed by atoms with Crippen LogP contribution in [-0.4, -0.2) is 36.9 Å². The van der Waals surface area contributed by atoms with Gasteiger partial charge in [0.15, 0.2) is 5.76 Å². The van der Waals surface area contributed by atoms with Crippen molar-refractivity contribution in [1.29, 1.82) is 0 Å². The molecule has 0 aliphatic carbocycles. The van der Waals surface area contributed by atoms with Crippen molar-refractivity contribution in [3.8, 4) is 0 Å². The largest absolute Gasteiger partial charge is 0.459 e. The minimum absolute atomic E-state index is 0.0773. The first-order valence-corrected chi connectivity index (χ1v) is 10.5. The lowest BCUT2D eigenvalue weighted by atomic mass is 9.91. The van der Waals surface area contributed by atoms with E-state index in [0.717, 1.165) is 17.7 Å². The standard InChI is InChI=1S/C24H35N3O3/c1-8-17(2)27(22(28)15-24(3,4)5)16-18-14-19(11-12-20(18)26(6)7)25-23(29)21-10-9-13-30-21/h9-14,17H,8,15-16H2,1-7H3,(H,25,29). The molecular weight excluding hydrogens is 378 g/mol. The predicted octanol–water partition coefficient (Wildman–Crippen LogP) is 5.16. The van der Waals surface area contributed by atoms with Gasteiger partial charge in [-0.25, -0.2) is 0 Å². The first kappa shape index (κ1) is 23.5. The quantitative estimate of drug-likeness (QED) is 0.649. The Morgan fingerprint density at radius 3 is 2.40 bits per heavy atom. The highest BCUT2D eigenvalue weighted by atomic mass is 16.3. The molecule has 2 aromatic rings. The Bertz CT molecular complexity index is 851. The zero-order valence-electron chi connectivity index (χ0n) is 19.3. The Morgan fingerprint density at radius 2 is 1.87 bits per heavy atom. The number of rotatable bonds is 8. The Labute approximate surface area is 180 Å². The maximum absolute atomic E-state index is 13.1. The summed E-state index contributed by atoms with van der Waals surface area (Å²) in [5.74, 6) is 0.104. The SMILES string of the molecule is CCC(C)N(Cc1cc(NC(=O)c2ccco2)ccc1N(C)C)C(=O)CC(C)(C)C. The molecule has 0 aliphatic heterocycles. The van der Waals surface area contributed by atoms with Crippen LogP contribution in [0.15, 0.2) is 41.0 Å². The number of hydrogen-bond donors (Lipinski definition) is 1. The molecule has 1 N–H and O–H groups in total. The van der Waals surface area contributed by atoms with Crippen molar-refractivity contribution in [2.45, 2.75) is 60.0 Å². The van der Waals surface area contributed by atoms with Gasteiger partial charge in [0.1, 0.15) is 0 Å². The second-order valence-electron chi connectivity index (χ2n) is 9.19. The molecule has 0 bridgehead atoms. The predicted molar refractivity (Wildman–Crippen MR) is 122 cm³/mol. The Morgan fingerprint density at radius 1 is 1.17 bits per heavy atom. The molecule has 6 nitrogen and oxygen atoms in total. The molecule has 1 heterocycles. The lowest BCUT2D eigenvalue weighted by molar-refractivity contribution is -0.135. The lowest BCUT2D eigenvalue weighted by Gasteiger charge is -2.33. The van der Waals surface area contributed by atoms with Crippen LogP contribution < -0.4 is 10.2 Å². The van der Waals surface area contributed by atoms with Crippen LogP contribution in [0.25, 0.3) is 0 Å². The van der Waals surface area contributed by atoms with E-state index in [0.29, 0.717) is 18.7 Å². The van der Waals surface area contributed by atoms with Crippen LogP contribution in [0.4, 0.5) is 11.4 Å².